The van der Waals surface area contributed by atoms with Gasteiger partial charge >= 0.3 is 0 Å². The van der Waals surface area contributed by atoms with E-state index in [9.17, 15) is 4.39 Å². The molecule has 0 amide bonds. The summed E-state index contributed by atoms with van der Waals surface area (Å²) in [5.41, 5.74) is 7.07. The van der Waals surface area contributed by atoms with E-state index in [1.165, 1.54) is 6.07 Å². The van der Waals surface area contributed by atoms with Crippen molar-refractivity contribution >= 4 is 29.9 Å². The van der Waals surface area contributed by atoms with Crippen LogP contribution >= 0.6 is 24.0 Å². The van der Waals surface area contributed by atoms with Crippen molar-refractivity contribution < 1.29 is 13.9 Å². The van der Waals surface area contributed by atoms with Gasteiger partial charge in [0.2, 0.25) is 0 Å². The number of benzene rings is 2. The highest BCUT2D eigenvalue weighted by Gasteiger charge is 2.21. The van der Waals surface area contributed by atoms with E-state index in [4.69, 9.17) is 15.2 Å². The minimum absolute atomic E-state index is 0. The maximum absolute atomic E-state index is 13.6. The molecule has 140 valence electrons. The van der Waals surface area contributed by atoms with Crippen LogP contribution in [0.4, 0.5) is 4.39 Å². The van der Waals surface area contributed by atoms with E-state index in [1.807, 2.05) is 31.2 Å². The van der Waals surface area contributed by atoms with Gasteiger partial charge in [0, 0.05) is 12.0 Å². The second kappa shape index (κ2) is 9.61. The Morgan fingerprint density at radius 2 is 2.04 bits per heavy atom. The first-order valence-electron chi connectivity index (χ1n) is 8.33. The largest absolute Gasteiger partial charge is 0.493 e. The predicted octanol–water partition coefficient (Wildman–Crippen LogP) is 3.64. The van der Waals surface area contributed by atoms with Crippen LogP contribution in [-0.4, -0.2) is 25.2 Å². The maximum atomic E-state index is 13.6. The van der Waals surface area contributed by atoms with Crippen molar-refractivity contribution in [1.29, 1.82) is 0 Å². The molecule has 2 atom stereocenters. The van der Waals surface area contributed by atoms with Gasteiger partial charge in [0.1, 0.15) is 11.9 Å². The van der Waals surface area contributed by atoms with E-state index in [-0.39, 0.29) is 47.7 Å². The third-order valence-corrected chi connectivity index (χ3v) is 3.96. The molecule has 1 aliphatic rings. The summed E-state index contributed by atoms with van der Waals surface area (Å²) in [6.45, 7) is 2.79. The Kier molecular flexibility index (Phi) is 7.50. The molecule has 26 heavy (non-hydrogen) atoms. The van der Waals surface area contributed by atoms with Crippen LogP contribution in [0.3, 0.4) is 0 Å². The monoisotopic (exact) mass is 471 g/mol. The van der Waals surface area contributed by atoms with Gasteiger partial charge < -0.3 is 20.5 Å². The molecule has 0 saturated carbocycles. The van der Waals surface area contributed by atoms with E-state index in [1.54, 1.807) is 18.2 Å². The zero-order valence-electron chi connectivity index (χ0n) is 14.5. The van der Waals surface area contributed by atoms with E-state index in [2.05, 4.69) is 10.3 Å². The Hall–Kier alpha value is -2.03. The van der Waals surface area contributed by atoms with E-state index < -0.39 is 0 Å². The number of guanidine groups is 1. The molecule has 1 aliphatic heterocycles. The maximum Gasteiger partial charge on any atom is 0.189 e. The van der Waals surface area contributed by atoms with Gasteiger partial charge in [0.25, 0.3) is 0 Å². The van der Waals surface area contributed by atoms with Gasteiger partial charge in [-0.25, -0.2) is 9.38 Å². The van der Waals surface area contributed by atoms with Gasteiger partial charge in [-0.05, 0) is 25.1 Å². The fourth-order valence-electron chi connectivity index (χ4n) is 2.74. The highest BCUT2D eigenvalue weighted by Crippen LogP contribution is 2.31. The number of hydrogen-bond acceptors (Lipinski definition) is 3. The molecular formula is C19H23FIN3O2. The standard InChI is InChI=1S/C19H22FN3O2.HI/c1-13(25-18-9-5-3-7-15(18)20)12-22-19(21)23-16-10-11-24-17-8-4-2-6-14(16)17;/h2-9,13,16H,10-12H2,1H3,(H3,21,22,23);1H. The summed E-state index contributed by atoms with van der Waals surface area (Å²) in [4.78, 5) is 4.31. The fourth-order valence-corrected chi connectivity index (χ4v) is 2.74. The van der Waals surface area contributed by atoms with Gasteiger partial charge in [0.15, 0.2) is 17.5 Å². The minimum atomic E-state index is -0.386. The summed E-state index contributed by atoms with van der Waals surface area (Å²) >= 11 is 0. The van der Waals surface area contributed by atoms with Crippen LogP contribution in [0.15, 0.2) is 53.5 Å². The molecule has 0 saturated heterocycles. The zero-order valence-corrected chi connectivity index (χ0v) is 16.9. The third kappa shape index (κ3) is 5.23. The van der Waals surface area contributed by atoms with Gasteiger partial charge in [0.05, 0.1) is 19.2 Å². The molecule has 7 heteroatoms. The summed E-state index contributed by atoms with van der Waals surface area (Å²) in [6, 6.07) is 14.3. The molecule has 1 heterocycles. The zero-order chi connectivity index (χ0) is 17.6. The van der Waals surface area contributed by atoms with Crippen LogP contribution in [0.5, 0.6) is 11.5 Å². The van der Waals surface area contributed by atoms with Crippen LogP contribution in [-0.2, 0) is 0 Å². The lowest BCUT2D eigenvalue weighted by Crippen LogP contribution is -2.38. The number of aliphatic imine (C=N–C) groups is 1. The van der Waals surface area contributed by atoms with Gasteiger partial charge in [-0.2, -0.15) is 0 Å². The van der Waals surface area contributed by atoms with Crippen LogP contribution < -0.4 is 20.5 Å². The van der Waals surface area contributed by atoms with Crippen molar-refractivity contribution in [2.24, 2.45) is 10.7 Å². The number of halogens is 2. The van der Waals surface area contributed by atoms with Crippen molar-refractivity contribution in [3.8, 4) is 11.5 Å². The van der Waals surface area contributed by atoms with E-state index >= 15 is 0 Å². The second-order valence-corrected chi connectivity index (χ2v) is 5.96. The number of nitrogens with two attached hydrogens (primary N) is 1. The van der Waals surface area contributed by atoms with Crippen LogP contribution in [0.2, 0.25) is 0 Å². The molecule has 3 N–H and O–H groups in total. The molecule has 0 bridgehead atoms. The molecule has 2 aromatic carbocycles. The summed E-state index contributed by atoms with van der Waals surface area (Å²) in [5.74, 6) is 1.04. The number of nitrogens with zero attached hydrogens (tertiary/aromatic N) is 1. The summed E-state index contributed by atoms with van der Waals surface area (Å²) in [7, 11) is 0. The first kappa shape index (κ1) is 20.3. The molecule has 0 spiro atoms. The third-order valence-electron chi connectivity index (χ3n) is 3.96. The lowest BCUT2D eigenvalue weighted by molar-refractivity contribution is 0.219. The lowest BCUT2D eigenvalue weighted by atomic mass is 10.0. The fraction of sp³-hybridized carbons (Fsp3) is 0.316. The highest BCUT2D eigenvalue weighted by molar-refractivity contribution is 14.0. The number of ether oxygens (including phenoxy) is 2. The summed E-state index contributed by atoms with van der Waals surface area (Å²) in [5, 5.41) is 3.22. The molecule has 0 fully saturated rings. The second-order valence-electron chi connectivity index (χ2n) is 5.96. The number of nitrogens with one attached hydrogen (secondary N) is 1. The number of hydrogen-bond donors (Lipinski definition) is 2. The van der Waals surface area contributed by atoms with Crippen LogP contribution in [0, 0.1) is 5.82 Å². The van der Waals surface area contributed by atoms with Gasteiger partial charge in [-0.1, -0.05) is 30.3 Å². The SMILES string of the molecule is CC(CN=C(N)NC1CCOc2ccccc21)Oc1ccccc1F.I. The molecule has 0 aromatic heterocycles. The summed E-state index contributed by atoms with van der Waals surface area (Å²) < 4.78 is 24.8. The average molecular weight is 471 g/mol. The Morgan fingerprint density at radius 1 is 1.31 bits per heavy atom. The molecule has 0 radical (unpaired) electrons. The number of para-hydroxylation sites is 2. The van der Waals surface area contributed by atoms with Gasteiger partial charge in [-0.15, -0.1) is 24.0 Å². The van der Waals surface area contributed by atoms with E-state index in [0.29, 0.717) is 19.1 Å². The minimum Gasteiger partial charge on any atom is -0.493 e. The smallest absolute Gasteiger partial charge is 0.189 e. The molecule has 2 unspecified atom stereocenters. The van der Waals surface area contributed by atoms with Gasteiger partial charge in [-0.3, -0.25) is 0 Å². The Balaban J connectivity index is 0.00000243. The van der Waals surface area contributed by atoms with Crippen molar-refractivity contribution in [2.45, 2.75) is 25.5 Å². The van der Waals surface area contributed by atoms with Crippen molar-refractivity contribution in [2.75, 3.05) is 13.2 Å². The molecule has 3 rings (SSSR count). The first-order valence-corrected chi connectivity index (χ1v) is 8.33. The Labute approximate surface area is 169 Å². The topological polar surface area (TPSA) is 68.9 Å². The molecule has 2 aromatic rings. The van der Waals surface area contributed by atoms with Crippen LogP contribution in [0.25, 0.3) is 0 Å². The van der Waals surface area contributed by atoms with Crippen molar-refractivity contribution in [3.05, 3.63) is 59.9 Å². The highest BCUT2D eigenvalue weighted by atomic mass is 127. The number of fused-ring (bicyclic) bond motifs is 1. The molecular weight excluding hydrogens is 448 g/mol. The lowest BCUT2D eigenvalue weighted by Gasteiger charge is -2.27. The first-order chi connectivity index (χ1) is 12.1. The summed E-state index contributed by atoms with van der Waals surface area (Å²) in [6.07, 6.45) is 0.522. The normalized spacial score (nSPS) is 17.3. The Bertz CT molecular complexity index is 757. The quantitative estimate of drug-likeness (QED) is 0.397. The van der Waals surface area contributed by atoms with Crippen LogP contribution in [0.1, 0.15) is 24.9 Å². The van der Waals surface area contributed by atoms with E-state index in [0.717, 1.165) is 17.7 Å². The number of rotatable bonds is 5. The predicted molar refractivity (Wildman–Crippen MR) is 111 cm³/mol. The molecule has 0 aliphatic carbocycles. The molecule has 5 nitrogen and oxygen atoms in total. The van der Waals surface area contributed by atoms with Crippen molar-refractivity contribution in [1.82, 2.24) is 5.32 Å². The average Bonchev–Trinajstić information content (AvgIpc) is 2.62. The Morgan fingerprint density at radius 3 is 2.85 bits per heavy atom. The van der Waals surface area contributed by atoms with Crippen molar-refractivity contribution in [3.63, 3.8) is 0 Å².